The Morgan fingerprint density at radius 3 is 3.00 bits per heavy atom. The number of aryl methyl sites for hydroxylation is 1. The van der Waals surface area contributed by atoms with Crippen molar-refractivity contribution in [2.24, 2.45) is 0 Å². The number of Topliss-reactive ketones (excluding diaryl/α,β-unsaturated/α-hetero) is 1. The molecule has 3 heteroatoms. The third-order valence-electron chi connectivity index (χ3n) is 3.46. The summed E-state index contributed by atoms with van der Waals surface area (Å²) in [7, 11) is 0. The van der Waals surface area contributed by atoms with E-state index in [1.165, 1.54) is 6.42 Å². The Bertz CT molecular complexity index is 579. The van der Waals surface area contributed by atoms with E-state index in [1.807, 2.05) is 31.2 Å². The van der Waals surface area contributed by atoms with Crippen molar-refractivity contribution in [3.05, 3.63) is 35.6 Å². The summed E-state index contributed by atoms with van der Waals surface area (Å²) < 4.78 is 5.75. The Labute approximate surface area is 111 Å². The molecule has 1 aliphatic rings. The van der Waals surface area contributed by atoms with Crippen LogP contribution in [-0.4, -0.2) is 16.8 Å². The molecule has 94 valence electrons. The maximum Gasteiger partial charge on any atom is 0.210 e. The predicted octanol–water partition coefficient (Wildman–Crippen LogP) is 4.21. The molecule has 1 saturated heterocycles. The highest BCUT2D eigenvalue weighted by Crippen LogP contribution is 2.30. The number of carbonyl (C=O) groups is 1. The van der Waals surface area contributed by atoms with Gasteiger partial charge in [-0.15, -0.1) is 0 Å². The van der Waals surface area contributed by atoms with E-state index in [4.69, 9.17) is 4.42 Å². The fourth-order valence-corrected chi connectivity index (χ4v) is 3.69. The van der Waals surface area contributed by atoms with Crippen LogP contribution in [0.1, 0.15) is 35.4 Å². The van der Waals surface area contributed by atoms with Gasteiger partial charge in [-0.25, -0.2) is 0 Å². The van der Waals surface area contributed by atoms with Crippen molar-refractivity contribution in [1.82, 2.24) is 0 Å². The first-order valence-corrected chi connectivity index (χ1v) is 7.45. The molecule has 2 heterocycles. The molecule has 1 fully saturated rings. The van der Waals surface area contributed by atoms with Crippen LogP contribution in [0, 0.1) is 6.92 Å². The maximum atomic E-state index is 12.4. The summed E-state index contributed by atoms with van der Waals surface area (Å²) in [5, 5.41) is 1.12. The number of rotatable bonds is 2. The summed E-state index contributed by atoms with van der Waals surface area (Å²) in [4.78, 5) is 12.4. The lowest BCUT2D eigenvalue weighted by Gasteiger charge is -2.18. The lowest BCUT2D eigenvalue weighted by molar-refractivity contribution is 0.0960. The Morgan fingerprint density at radius 2 is 2.28 bits per heavy atom. The molecule has 1 aliphatic heterocycles. The lowest BCUT2D eigenvalue weighted by atomic mass is 10.1. The van der Waals surface area contributed by atoms with Gasteiger partial charge in [0.05, 0.1) is 5.25 Å². The first-order valence-electron chi connectivity index (χ1n) is 6.41. The SMILES string of the molecule is Cc1cccc2cc(C(=O)C3CCCCS3)oc12. The van der Waals surface area contributed by atoms with E-state index < -0.39 is 0 Å². The smallest absolute Gasteiger partial charge is 0.210 e. The highest BCUT2D eigenvalue weighted by Gasteiger charge is 2.25. The van der Waals surface area contributed by atoms with Crippen LogP contribution in [-0.2, 0) is 0 Å². The number of thioether (sulfide) groups is 1. The fraction of sp³-hybridized carbons (Fsp3) is 0.400. The van der Waals surface area contributed by atoms with Gasteiger partial charge in [-0.3, -0.25) is 4.79 Å². The number of para-hydroxylation sites is 1. The van der Waals surface area contributed by atoms with E-state index in [2.05, 4.69) is 0 Å². The lowest BCUT2D eigenvalue weighted by Crippen LogP contribution is -2.20. The van der Waals surface area contributed by atoms with Crippen molar-refractivity contribution in [2.75, 3.05) is 5.75 Å². The van der Waals surface area contributed by atoms with Gasteiger partial charge < -0.3 is 4.42 Å². The molecule has 2 nitrogen and oxygen atoms in total. The van der Waals surface area contributed by atoms with Crippen molar-refractivity contribution in [1.29, 1.82) is 0 Å². The number of ketones is 1. The number of benzene rings is 1. The van der Waals surface area contributed by atoms with Crippen molar-refractivity contribution in [3.63, 3.8) is 0 Å². The van der Waals surface area contributed by atoms with Crippen molar-refractivity contribution >= 4 is 28.5 Å². The largest absolute Gasteiger partial charge is 0.453 e. The average Bonchev–Trinajstić information content (AvgIpc) is 2.84. The van der Waals surface area contributed by atoms with E-state index >= 15 is 0 Å². The van der Waals surface area contributed by atoms with Crippen molar-refractivity contribution < 1.29 is 9.21 Å². The number of carbonyl (C=O) groups excluding carboxylic acids is 1. The highest BCUT2D eigenvalue weighted by molar-refractivity contribution is 8.00. The Hall–Kier alpha value is -1.22. The Kier molecular flexibility index (Phi) is 3.16. The Morgan fingerprint density at radius 1 is 1.39 bits per heavy atom. The summed E-state index contributed by atoms with van der Waals surface area (Å²) in [6.45, 7) is 2.01. The summed E-state index contributed by atoms with van der Waals surface area (Å²) in [6, 6.07) is 7.89. The molecule has 1 aromatic heterocycles. The molecule has 1 atom stereocenters. The summed E-state index contributed by atoms with van der Waals surface area (Å²) >= 11 is 1.77. The second-order valence-corrected chi connectivity index (χ2v) is 6.13. The number of hydrogen-bond acceptors (Lipinski definition) is 3. The van der Waals surface area contributed by atoms with Crippen molar-refractivity contribution in [3.8, 4) is 0 Å². The minimum atomic E-state index is 0.0969. The van der Waals surface area contributed by atoms with E-state index in [1.54, 1.807) is 11.8 Å². The topological polar surface area (TPSA) is 30.2 Å². The van der Waals surface area contributed by atoms with Gasteiger partial charge in [0.15, 0.2) is 5.76 Å². The molecule has 3 rings (SSSR count). The molecule has 1 aromatic carbocycles. The standard InChI is InChI=1S/C15H16O2S/c1-10-5-4-6-11-9-12(17-15(10)11)14(16)13-7-2-3-8-18-13/h4-6,9,13H,2-3,7-8H2,1H3. The summed E-state index contributed by atoms with van der Waals surface area (Å²) in [6.07, 6.45) is 3.37. The maximum absolute atomic E-state index is 12.4. The van der Waals surface area contributed by atoms with Crippen LogP contribution in [0.25, 0.3) is 11.0 Å². The van der Waals surface area contributed by atoms with Gasteiger partial charge >= 0.3 is 0 Å². The summed E-state index contributed by atoms with van der Waals surface area (Å²) in [5.74, 6) is 1.78. The molecule has 0 amide bonds. The van der Waals surface area contributed by atoms with Crippen LogP contribution in [0.15, 0.2) is 28.7 Å². The van der Waals surface area contributed by atoms with Gasteiger partial charge in [0.25, 0.3) is 0 Å². The first-order chi connectivity index (χ1) is 8.75. The third kappa shape index (κ3) is 2.07. The molecule has 0 spiro atoms. The van der Waals surface area contributed by atoms with E-state index in [-0.39, 0.29) is 11.0 Å². The van der Waals surface area contributed by atoms with Crippen LogP contribution < -0.4 is 0 Å². The van der Waals surface area contributed by atoms with Gasteiger partial charge in [0, 0.05) is 5.39 Å². The predicted molar refractivity (Wildman–Crippen MR) is 75.4 cm³/mol. The van der Waals surface area contributed by atoms with E-state index in [9.17, 15) is 4.79 Å². The van der Waals surface area contributed by atoms with Gasteiger partial charge in [-0.05, 0) is 37.1 Å². The van der Waals surface area contributed by atoms with Crippen LogP contribution >= 0.6 is 11.8 Å². The second-order valence-electron chi connectivity index (χ2n) is 4.82. The van der Waals surface area contributed by atoms with E-state index in [0.29, 0.717) is 5.76 Å². The van der Waals surface area contributed by atoms with Gasteiger partial charge in [0.2, 0.25) is 5.78 Å². The normalized spacial score (nSPS) is 20.2. The molecule has 0 N–H and O–H groups in total. The molecule has 0 radical (unpaired) electrons. The van der Waals surface area contributed by atoms with E-state index in [0.717, 1.165) is 35.1 Å². The van der Waals surface area contributed by atoms with Crippen LogP contribution in [0.5, 0.6) is 0 Å². The van der Waals surface area contributed by atoms with Crippen molar-refractivity contribution in [2.45, 2.75) is 31.4 Å². The van der Waals surface area contributed by atoms with Crippen LogP contribution in [0.2, 0.25) is 0 Å². The quantitative estimate of drug-likeness (QED) is 0.758. The molecular formula is C15H16O2S. The van der Waals surface area contributed by atoms with Gasteiger partial charge in [-0.2, -0.15) is 11.8 Å². The monoisotopic (exact) mass is 260 g/mol. The zero-order valence-electron chi connectivity index (χ0n) is 10.4. The number of hydrogen-bond donors (Lipinski definition) is 0. The summed E-state index contributed by atoms with van der Waals surface area (Å²) in [5.41, 5.74) is 1.93. The minimum Gasteiger partial charge on any atom is -0.453 e. The van der Waals surface area contributed by atoms with Crippen LogP contribution in [0.4, 0.5) is 0 Å². The number of furan rings is 1. The molecule has 0 aliphatic carbocycles. The zero-order chi connectivity index (χ0) is 12.5. The average molecular weight is 260 g/mol. The highest BCUT2D eigenvalue weighted by atomic mass is 32.2. The van der Waals surface area contributed by atoms with Crippen LogP contribution in [0.3, 0.4) is 0 Å². The molecule has 0 bridgehead atoms. The third-order valence-corrected chi connectivity index (χ3v) is 4.83. The molecular weight excluding hydrogens is 244 g/mol. The number of fused-ring (bicyclic) bond motifs is 1. The second kappa shape index (κ2) is 4.81. The van der Waals surface area contributed by atoms with Gasteiger partial charge in [0.1, 0.15) is 5.58 Å². The molecule has 18 heavy (non-hydrogen) atoms. The van der Waals surface area contributed by atoms with Gasteiger partial charge in [-0.1, -0.05) is 24.6 Å². The molecule has 0 saturated carbocycles. The molecule has 2 aromatic rings. The fourth-order valence-electron chi connectivity index (χ4n) is 2.44. The minimum absolute atomic E-state index is 0.0969. The Balaban J connectivity index is 1.94. The molecule has 1 unspecified atom stereocenters. The first kappa shape index (κ1) is 11.8. The zero-order valence-corrected chi connectivity index (χ0v) is 11.3.